The second-order valence-corrected chi connectivity index (χ2v) is 9.53. The maximum Gasteiger partial charge on any atom is 0.162 e. The molecule has 0 spiro atoms. The van der Waals surface area contributed by atoms with E-state index in [1.54, 1.807) is 29.9 Å². The molecule has 0 aliphatic heterocycles. The zero-order valence-electron chi connectivity index (χ0n) is 20.0. The normalized spacial score (nSPS) is 11.3. The van der Waals surface area contributed by atoms with Crippen molar-refractivity contribution in [2.45, 2.75) is 0 Å². The summed E-state index contributed by atoms with van der Waals surface area (Å²) >= 11 is 1.65. The maximum absolute atomic E-state index is 4.94. The minimum absolute atomic E-state index is 0.610. The van der Waals surface area contributed by atoms with Gasteiger partial charge in [-0.1, -0.05) is 36.9 Å². The molecule has 1 aromatic carbocycles. The highest BCUT2D eigenvalue weighted by molar-refractivity contribution is 7.08. The van der Waals surface area contributed by atoms with Gasteiger partial charge in [0.1, 0.15) is 11.0 Å². The molecule has 182 valence electrons. The van der Waals surface area contributed by atoms with Crippen molar-refractivity contribution in [2.75, 3.05) is 5.32 Å². The number of fused-ring (bicyclic) bond motifs is 2. The largest absolute Gasteiger partial charge is 0.354 e. The number of hydrogen-bond acceptors (Lipinski definition) is 7. The van der Waals surface area contributed by atoms with E-state index in [0.717, 1.165) is 50.4 Å². The Balaban J connectivity index is 1.25. The SMILES string of the molecule is C=C(Nc1cncc(-c2ccc3[nH]nc(-c4nc5c(-c6ccsc6)ccnc5[nH]4)c3n2)c1)c1ccccc1. The van der Waals surface area contributed by atoms with Crippen LogP contribution in [0.2, 0.25) is 0 Å². The number of aromatic amines is 2. The van der Waals surface area contributed by atoms with Gasteiger partial charge >= 0.3 is 0 Å². The van der Waals surface area contributed by atoms with Gasteiger partial charge in [-0.3, -0.25) is 10.1 Å². The lowest BCUT2D eigenvalue weighted by molar-refractivity contribution is 1.10. The number of nitrogens with one attached hydrogen (secondary N) is 3. The Hall–Kier alpha value is -5.15. The summed E-state index contributed by atoms with van der Waals surface area (Å²) < 4.78 is 0. The first kappa shape index (κ1) is 22.1. The van der Waals surface area contributed by atoms with E-state index >= 15 is 0 Å². The summed E-state index contributed by atoms with van der Waals surface area (Å²) in [6.45, 7) is 4.16. The van der Waals surface area contributed by atoms with Crippen molar-refractivity contribution >= 4 is 44.9 Å². The van der Waals surface area contributed by atoms with Crippen molar-refractivity contribution in [2.24, 2.45) is 0 Å². The number of benzene rings is 1. The molecular formula is C29H20N8S. The number of H-pyrrole nitrogens is 2. The number of hydrogen-bond donors (Lipinski definition) is 3. The smallest absolute Gasteiger partial charge is 0.162 e. The van der Waals surface area contributed by atoms with Gasteiger partial charge in [-0.15, -0.1) is 0 Å². The second-order valence-electron chi connectivity index (χ2n) is 8.75. The molecule has 0 bridgehead atoms. The molecule has 0 atom stereocenters. The first-order valence-corrected chi connectivity index (χ1v) is 12.9. The van der Waals surface area contributed by atoms with E-state index in [-0.39, 0.29) is 0 Å². The van der Waals surface area contributed by atoms with E-state index in [4.69, 9.17) is 9.97 Å². The third-order valence-electron chi connectivity index (χ3n) is 6.30. The third kappa shape index (κ3) is 3.91. The van der Waals surface area contributed by atoms with Gasteiger partial charge in [0.05, 0.1) is 23.1 Å². The van der Waals surface area contributed by atoms with E-state index in [9.17, 15) is 0 Å². The summed E-state index contributed by atoms with van der Waals surface area (Å²) in [5.74, 6) is 0.610. The first-order chi connectivity index (χ1) is 18.7. The average molecular weight is 513 g/mol. The van der Waals surface area contributed by atoms with Crippen LogP contribution in [0.15, 0.2) is 96.6 Å². The number of nitrogens with zero attached hydrogens (tertiary/aromatic N) is 5. The minimum Gasteiger partial charge on any atom is -0.354 e. The van der Waals surface area contributed by atoms with E-state index in [1.165, 1.54) is 0 Å². The van der Waals surface area contributed by atoms with Crippen molar-refractivity contribution in [1.29, 1.82) is 0 Å². The Morgan fingerprint density at radius 3 is 2.71 bits per heavy atom. The number of rotatable bonds is 6. The van der Waals surface area contributed by atoms with Gasteiger partial charge in [0, 0.05) is 29.2 Å². The summed E-state index contributed by atoms with van der Waals surface area (Å²) in [5, 5.41) is 15.1. The lowest BCUT2D eigenvalue weighted by Gasteiger charge is -2.10. The van der Waals surface area contributed by atoms with Crippen molar-refractivity contribution in [3.63, 3.8) is 0 Å². The molecule has 0 fully saturated rings. The maximum atomic E-state index is 4.94. The number of imidazole rings is 1. The van der Waals surface area contributed by atoms with Crippen LogP contribution in [-0.4, -0.2) is 35.1 Å². The van der Waals surface area contributed by atoms with Crippen LogP contribution in [0.5, 0.6) is 0 Å². The highest BCUT2D eigenvalue weighted by atomic mass is 32.1. The molecule has 0 saturated heterocycles. The lowest BCUT2D eigenvalue weighted by Crippen LogP contribution is -1.98. The molecule has 0 unspecified atom stereocenters. The molecule has 8 nitrogen and oxygen atoms in total. The monoisotopic (exact) mass is 512 g/mol. The number of aromatic nitrogens is 7. The van der Waals surface area contributed by atoms with E-state index in [2.05, 4.69) is 53.9 Å². The van der Waals surface area contributed by atoms with Gasteiger partial charge in [0.15, 0.2) is 17.2 Å². The molecule has 0 radical (unpaired) electrons. The first-order valence-electron chi connectivity index (χ1n) is 11.9. The highest BCUT2D eigenvalue weighted by Gasteiger charge is 2.17. The van der Waals surface area contributed by atoms with Gasteiger partial charge in [-0.2, -0.15) is 16.4 Å². The Labute approximate surface area is 221 Å². The molecule has 3 N–H and O–H groups in total. The standard InChI is InChI=1S/C29H20N8S/c1-17(18-5-3-2-4-6-18)32-21-13-20(14-30-15-21)23-7-8-24-26(33-23)27(37-36-24)29-34-25-22(19-10-12-38-16-19)9-11-31-28(25)35-29/h2-16,32H,1H2,(H,36,37)(H,31,34,35). The van der Waals surface area contributed by atoms with Crippen LogP contribution in [-0.2, 0) is 0 Å². The third-order valence-corrected chi connectivity index (χ3v) is 6.98. The second kappa shape index (κ2) is 9.06. The summed E-state index contributed by atoms with van der Waals surface area (Å²) in [4.78, 5) is 22.0. The van der Waals surface area contributed by atoms with Crippen LogP contribution in [0.4, 0.5) is 5.69 Å². The van der Waals surface area contributed by atoms with Gasteiger partial charge in [-0.05, 0) is 52.2 Å². The van der Waals surface area contributed by atoms with Gasteiger partial charge in [0.2, 0.25) is 0 Å². The topological polar surface area (TPSA) is 108 Å². The molecule has 38 heavy (non-hydrogen) atoms. The van der Waals surface area contributed by atoms with E-state index in [0.29, 0.717) is 22.7 Å². The van der Waals surface area contributed by atoms with Crippen LogP contribution >= 0.6 is 11.3 Å². The van der Waals surface area contributed by atoms with Gasteiger partial charge < -0.3 is 10.3 Å². The summed E-state index contributed by atoms with van der Waals surface area (Å²) in [6.07, 6.45) is 5.35. The van der Waals surface area contributed by atoms with Crippen molar-refractivity contribution in [3.8, 4) is 33.9 Å². The van der Waals surface area contributed by atoms with Gasteiger partial charge in [0.25, 0.3) is 0 Å². The van der Waals surface area contributed by atoms with Gasteiger partial charge in [-0.25, -0.2) is 15.0 Å². The molecule has 7 aromatic rings. The quantitative estimate of drug-likeness (QED) is 0.227. The fraction of sp³-hybridized carbons (Fsp3) is 0. The lowest BCUT2D eigenvalue weighted by atomic mass is 10.1. The van der Waals surface area contributed by atoms with Crippen LogP contribution in [0.1, 0.15) is 5.56 Å². The molecular weight excluding hydrogens is 492 g/mol. The highest BCUT2D eigenvalue weighted by Crippen LogP contribution is 2.32. The average Bonchev–Trinajstić information content (AvgIpc) is 3.73. The van der Waals surface area contributed by atoms with Crippen molar-refractivity contribution in [3.05, 3.63) is 102 Å². The number of pyridine rings is 3. The van der Waals surface area contributed by atoms with E-state index in [1.807, 2.05) is 54.6 Å². The van der Waals surface area contributed by atoms with E-state index < -0.39 is 0 Å². The molecule has 6 aromatic heterocycles. The Bertz CT molecular complexity index is 1920. The molecule has 0 aliphatic rings. The number of anilines is 1. The zero-order chi connectivity index (χ0) is 25.5. The van der Waals surface area contributed by atoms with Crippen molar-refractivity contribution in [1.82, 2.24) is 35.1 Å². The summed E-state index contributed by atoms with van der Waals surface area (Å²) in [5.41, 5.74) is 10.1. The molecule has 0 saturated carbocycles. The predicted molar refractivity (Wildman–Crippen MR) is 152 cm³/mol. The predicted octanol–water partition coefficient (Wildman–Crippen LogP) is 6.77. The van der Waals surface area contributed by atoms with Crippen LogP contribution in [0.3, 0.4) is 0 Å². The zero-order valence-corrected chi connectivity index (χ0v) is 20.8. The molecule has 0 amide bonds. The fourth-order valence-corrected chi connectivity index (χ4v) is 5.09. The Morgan fingerprint density at radius 2 is 1.84 bits per heavy atom. The summed E-state index contributed by atoms with van der Waals surface area (Å²) in [6, 6.07) is 20.0. The van der Waals surface area contributed by atoms with Crippen LogP contribution < -0.4 is 5.32 Å². The van der Waals surface area contributed by atoms with Crippen molar-refractivity contribution < 1.29 is 0 Å². The minimum atomic E-state index is 0.610. The Morgan fingerprint density at radius 1 is 0.921 bits per heavy atom. The van der Waals surface area contributed by atoms with Crippen LogP contribution in [0, 0.1) is 0 Å². The molecule has 7 rings (SSSR count). The molecule has 0 aliphatic carbocycles. The fourth-order valence-electron chi connectivity index (χ4n) is 4.43. The molecule has 9 heteroatoms. The summed E-state index contributed by atoms with van der Waals surface area (Å²) in [7, 11) is 0. The molecule has 6 heterocycles. The Kier molecular flexibility index (Phi) is 5.26. The van der Waals surface area contributed by atoms with Crippen LogP contribution in [0.25, 0.3) is 61.8 Å². The number of thiophene rings is 1.